The third-order valence-corrected chi connectivity index (χ3v) is 6.66. The smallest absolute Gasteiger partial charge is 0.339 e. The van der Waals surface area contributed by atoms with Crippen molar-refractivity contribution in [1.29, 1.82) is 0 Å². The third-order valence-electron chi connectivity index (χ3n) is 5.80. The summed E-state index contributed by atoms with van der Waals surface area (Å²) < 4.78 is 10.2. The molecular formula is C25H31NO4S. The van der Waals surface area contributed by atoms with Gasteiger partial charge in [0.25, 0.3) is 0 Å². The number of carbonyl (C=O) groups is 2. The van der Waals surface area contributed by atoms with Crippen molar-refractivity contribution in [2.24, 2.45) is 0 Å². The summed E-state index contributed by atoms with van der Waals surface area (Å²) in [7, 11) is 2.73. The lowest BCUT2D eigenvalue weighted by Crippen LogP contribution is -2.24. The van der Waals surface area contributed by atoms with E-state index in [-0.39, 0.29) is 0 Å². The van der Waals surface area contributed by atoms with Crippen LogP contribution in [-0.4, -0.2) is 43.9 Å². The lowest BCUT2D eigenvalue weighted by molar-refractivity contribution is 0.0550. The van der Waals surface area contributed by atoms with Gasteiger partial charge in [-0.05, 0) is 54.3 Å². The SMILES string of the molecule is CCCc1c2c(c(SC)c(C(=O)OC)c1C(=O)OC)CN(Cc1ccccc1)CCC2. The van der Waals surface area contributed by atoms with Crippen molar-refractivity contribution in [3.8, 4) is 0 Å². The molecule has 5 nitrogen and oxygen atoms in total. The molecule has 0 saturated carbocycles. The third kappa shape index (κ3) is 4.96. The molecule has 0 fully saturated rings. The molecule has 0 saturated heterocycles. The van der Waals surface area contributed by atoms with Crippen LogP contribution in [0.25, 0.3) is 0 Å². The normalized spacial score (nSPS) is 13.9. The van der Waals surface area contributed by atoms with Gasteiger partial charge in [-0.15, -0.1) is 11.8 Å². The lowest BCUT2D eigenvalue weighted by Gasteiger charge is -2.25. The van der Waals surface area contributed by atoms with Crippen molar-refractivity contribution in [2.45, 2.75) is 50.6 Å². The molecular weight excluding hydrogens is 410 g/mol. The molecule has 2 aromatic carbocycles. The van der Waals surface area contributed by atoms with E-state index in [1.54, 1.807) is 0 Å². The Bertz CT molecular complexity index is 943. The number of carbonyl (C=O) groups excluding carboxylic acids is 2. The molecule has 0 radical (unpaired) electrons. The molecule has 0 aliphatic carbocycles. The Morgan fingerprint density at radius 3 is 2.32 bits per heavy atom. The highest BCUT2D eigenvalue weighted by molar-refractivity contribution is 7.98. The first-order valence-electron chi connectivity index (χ1n) is 10.7. The summed E-state index contributed by atoms with van der Waals surface area (Å²) in [4.78, 5) is 29.0. The molecule has 166 valence electrons. The molecule has 6 heteroatoms. The van der Waals surface area contributed by atoms with Gasteiger partial charge in [0.05, 0.1) is 25.3 Å². The highest BCUT2D eigenvalue weighted by atomic mass is 32.2. The maximum Gasteiger partial charge on any atom is 0.339 e. The van der Waals surface area contributed by atoms with Gasteiger partial charge in [-0.2, -0.15) is 0 Å². The Hall–Kier alpha value is -2.31. The van der Waals surface area contributed by atoms with Crippen molar-refractivity contribution in [1.82, 2.24) is 4.90 Å². The van der Waals surface area contributed by atoms with Crippen LogP contribution in [0.3, 0.4) is 0 Å². The fourth-order valence-electron chi connectivity index (χ4n) is 4.49. The fraction of sp³-hybridized carbons (Fsp3) is 0.440. The summed E-state index contributed by atoms with van der Waals surface area (Å²) in [5.74, 6) is -0.948. The number of fused-ring (bicyclic) bond motifs is 1. The summed E-state index contributed by atoms with van der Waals surface area (Å²) in [5, 5.41) is 0. The number of nitrogens with zero attached hydrogens (tertiary/aromatic N) is 1. The van der Waals surface area contributed by atoms with Crippen LogP contribution in [0.1, 0.15) is 62.7 Å². The zero-order valence-corrected chi connectivity index (χ0v) is 19.6. The monoisotopic (exact) mass is 441 g/mol. The Morgan fingerprint density at radius 2 is 1.71 bits per heavy atom. The van der Waals surface area contributed by atoms with Gasteiger partial charge < -0.3 is 9.47 Å². The van der Waals surface area contributed by atoms with Crippen LogP contribution in [0.15, 0.2) is 35.2 Å². The molecule has 0 spiro atoms. The summed E-state index contributed by atoms with van der Waals surface area (Å²) in [6.07, 6.45) is 5.44. The molecule has 1 aliphatic heterocycles. The van der Waals surface area contributed by atoms with Crippen LogP contribution in [0.4, 0.5) is 0 Å². The number of methoxy groups -OCH3 is 2. The standard InChI is InChI=1S/C25H31NO4S/c1-5-10-19-18-13-9-14-26(15-17-11-7-6-8-12-17)16-20(18)23(31-4)22(25(28)30-3)21(19)24(27)29-2/h6-8,11-12H,5,9-10,13-16H2,1-4H3. The molecule has 0 atom stereocenters. The van der Waals surface area contributed by atoms with E-state index >= 15 is 0 Å². The van der Waals surface area contributed by atoms with Gasteiger partial charge >= 0.3 is 11.9 Å². The van der Waals surface area contributed by atoms with E-state index < -0.39 is 11.9 Å². The fourth-order valence-corrected chi connectivity index (χ4v) is 5.31. The van der Waals surface area contributed by atoms with Crippen molar-refractivity contribution in [3.05, 3.63) is 63.7 Å². The maximum atomic E-state index is 12.9. The van der Waals surface area contributed by atoms with Crippen molar-refractivity contribution >= 4 is 23.7 Å². The number of rotatable bonds is 7. The van der Waals surface area contributed by atoms with Crippen molar-refractivity contribution < 1.29 is 19.1 Å². The van der Waals surface area contributed by atoms with Crippen LogP contribution in [0, 0.1) is 0 Å². The predicted octanol–water partition coefficient (Wildman–Crippen LogP) is 4.88. The number of hydrogen-bond acceptors (Lipinski definition) is 6. The average molecular weight is 442 g/mol. The van der Waals surface area contributed by atoms with Crippen molar-refractivity contribution in [2.75, 3.05) is 27.0 Å². The van der Waals surface area contributed by atoms with Gasteiger partial charge in [-0.1, -0.05) is 43.7 Å². The van der Waals surface area contributed by atoms with Gasteiger partial charge in [-0.25, -0.2) is 9.59 Å². The van der Waals surface area contributed by atoms with Crippen LogP contribution in [0.5, 0.6) is 0 Å². The highest BCUT2D eigenvalue weighted by Gasteiger charge is 2.32. The Kier molecular flexibility index (Phi) is 8.15. The molecule has 2 aromatic rings. The molecule has 0 unspecified atom stereocenters. The Balaban J connectivity index is 2.19. The Morgan fingerprint density at radius 1 is 1.03 bits per heavy atom. The van der Waals surface area contributed by atoms with Gasteiger partial charge in [0.1, 0.15) is 0 Å². The molecule has 1 heterocycles. The first-order chi connectivity index (χ1) is 15.0. The Labute approximate surface area is 189 Å². The topological polar surface area (TPSA) is 55.8 Å². The summed E-state index contributed by atoms with van der Waals surface area (Å²) in [6.45, 7) is 4.64. The zero-order valence-electron chi connectivity index (χ0n) is 18.8. The largest absolute Gasteiger partial charge is 0.465 e. The minimum absolute atomic E-state index is 0.352. The van der Waals surface area contributed by atoms with E-state index in [9.17, 15) is 9.59 Å². The van der Waals surface area contributed by atoms with E-state index in [2.05, 4.69) is 36.1 Å². The van der Waals surface area contributed by atoms with Crippen LogP contribution in [-0.2, 0) is 35.4 Å². The molecule has 31 heavy (non-hydrogen) atoms. The second-order valence-corrected chi connectivity index (χ2v) is 8.57. The number of ether oxygens (including phenoxy) is 2. The highest BCUT2D eigenvalue weighted by Crippen LogP contribution is 2.38. The van der Waals surface area contributed by atoms with Crippen LogP contribution in [0.2, 0.25) is 0 Å². The second kappa shape index (κ2) is 10.8. The van der Waals surface area contributed by atoms with Gasteiger partial charge in [0.15, 0.2) is 0 Å². The lowest BCUT2D eigenvalue weighted by atomic mass is 9.87. The quantitative estimate of drug-likeness (QED) is 0.451. The average Bonchev–Trinajstić information content (AvgIpc) is 3.00. The minimum Gasteiger partial charge on any atom is -0.465 e. The van der Waals surface area contributed by atoms with Crippen LogP contribution < -0.4 is 0 Å². The summed E-state index contributed by atoms with van der Waals surface area (Å²) in [6, 6.07) is 10.4. The number of esters is 2. The van der Waals surface area contributed by atoms with E-state index in [1.165, 1.54) is 37.1 Å². The number of hydrogen-bond donors (Lipinski definition) is 0. The molecule has 0 bridgehead atoms. The molecule has 0 N–H and O–H groups in total. The van der Waals surface area contributed by atoms with E-state index in [1.807, 2.05) is 12.3 Å². The zero-order chi connectivity index (χ0) is 22.4. The summed E-state index contributed by atoms with van der Waals surface area (Å²) in [5.41, 5.74) is 5.31. The minimum atomic E-state index is -0.483. The van der Waals surface area contributed by atoms with E-state index in [4.69, 9.17) is 9.47 Å². The molecule has 3 rings (SSSR count). The van der Waals surface area contributed by atoms with E-state index in [0.29, 0.717) is 11.1 Å². The number of benzene rings is 2. The van der Waals surface area contributed by atoms with Crippen molar-refractivity contribution in [3.63, 3.8) is 0 Å². The number of thioether (sulfide) groups is 1. The second-order valence-electron chi connectivity index (χ2n) is 7.75. The first kappa shape index (κ1) is 23.4. The first-order valence-corrected chi connectivity index (χ1v) is 12.0. The van der Waals surface area contributed by atoms with Gasteiger partial charge in [-0.3, -0.25) is 4.90 Å². The van der Waals surface area contributed by atoms with Gasteiger partial charge in [0, 0.05) is 18.0 Å². The van der Waals surface area contributed by atoms with Gasteiger partial charge in [0.2, 0.25) is 0 Å². The predicted molar refractivity (Wildman–Crippen MR) is 124 cm³/mol. The van der Waals surface area contributed by atoms with E-state index in [0.717, 1.165) is 61.3 Å². The molecule has 1 aliphatic rings. The molecule has 0 amide bonds. The maximum absolute atomic E-state index is 12.9. The molecule has 0 aromatic heterocycles. The summed E-state index contributed by atoms with van der Waals surface area (Å²) >= 11 is 1.50. The van der Waals surface area contributed by atoms with Crippen LogP contribution >= 0.6 is 11.8 Å².